The zero-order valence-electron chi connectivity index (χ0n) is 12.9. The van der Waals surface area contributed by atoms with Crippen LogP contribution in [-0.2, 0) is 4.79 Å². The summed E-state index contributed by atoms with van der Waals surface area (Å²) < 4.78 is 0. The molecule has 0 radical (unpaired) electrons. The normalized spacial score (nSPS) is 22.0. The number of carbonyl (C=O) groups is 1. The summed E-state index contributed by atoms with van der Waals surface area (Å²) in [6.45, 7) is 5.29. The number of rotatable bonds is 5. The van der Waals surface area contributed by atoms with Crippen LogP contribution in [0.25, 0.3) is 0 Å². The predicted octanol–water partition coefficient (Wildman–Crippen LogP) is 2.08. The summed E-state index contributed by atoms with van der Waals surface area (Å²) in [6, 6.07) is -0.0943. The van der Waals surface area contributed by atoms with Gasteiger partial charge in [0.2, 0.25) is 5.91 Å². The van der Waals surface area contributed by atoms with Crippen molar-refractivity contribution in [2.45, 2.75) is 38.1 Å². The Morgan fingerprint density at radius 1 is 1.24 bits per heavy atom. The number of nitrogens with zero attached hydrogens (tertiary/aromatic N) is 2. The van der Waals surface area contributed by atoms with Crippen LogP contribution in [0.3, 0.4) is 0 Å². The van der Waals surface area contributed by atoms with Crippen LogP contribution < -0.4 is 5.32 Å². The van der Waals surface area contributed by atoms with E-state index in [-0.39, 0.29) is 36.8 Å². The Morgan fingerprint density at radius 3 is 2.48 bits per heavy atom. The molecule has 124 valence electrons. The molecule has 21 heavy (non-hydrogen) atoms. The maximum absolute atomic E-state index is 12.1. The van der Waals surface area contributed by atoms with E-state index >= 15 is 0 Å². The van der Waals surface area contributed by atoms with E-state index < -0.39 is 0 Å². The maximum atomic E-state index is 12.1. The lowest BCUT2D eigenvalue weighted by atomic mass is 10.2. The van der Waals surface area contributed by atoms with Crippen molar-refractivity contribution < 1.29 is 4.79 Å². The third kappa shape index (κ3) is 7.00. The lowest BCUT2D eigenvalue weighted by Gasteiger charge is -2.23. The molecule has 2 rings (SSSR count). The summed E-state index contributed by atoms with van der Waals surface area (Å²) in [5.74, 6) is 0.199. The van der Waals surface area contributed by atoms with E-state index in [0.717, 1.165) is 26.1 Å². The molecule has 1 atom stereocenters. The molecule has 0 aromatic heterocycles. The second kappa shape index (κ2) is 11.3. The summed E-state index contributed by atoms with van der Waals surface area (Å²) >= 11 is 0. The van der Waals surface area contributed by atoms with Gasteiger partial charge in [-0.05, 0) is 38.9 Å². The molecule has 6 heteroatoms. The molecule has 4 nitrogen and oxygen atoms in total. The van der Waals surface area contributed by atoms with Gasteiger partial charge in [0.25, 0.3) is 0 Å². The minimum absolute atomic E-state index is 0. The first-order chi connectivity index (χ1) is 9.27. The van der Waals surface area contributed by atoms with Gasteiger partial charge >= 0.3 is 0 Å². The van der Waals surface area contributed by atoms with E-state index in [9.17, 15) is 4.79 Å². The van der Waals surface area contributed by atoms with Gasteiger partial charge in [-0.1, -0.05) is 25.0 Å². The molecule has 1 unspecified atom stereocenters. The van der Waals surface area contributed by atoms with Crippen LogP contribution in [0.15, 0.2) is 12.2 Å². The summed E-state index contributed by atoms with van der Waals surface area (Å²) in [4.78, 5) is 16.5. The van der Waals surface area contributed by atoms with Gasteiger partial charge in [-0.2, -0.15) is 0 Å². The first-order valence-corrected chi connectivity index (χ1v) is 7.65. The van der Waals surface area contributed by atoms with E-state index in [1.54, 1.807) is 0 Å². The number of likely N-dealkylation sites (tertiary alicyclic amines) is 1. The Kier molecular flexibility index (Phi) is 11.1. The Hall–Kier alpha value is -0.290. The smallest absolute Gasteiger partial charge is 0.243 e. The lowest BCUT2D eigenvalue weighted by molar-refractivity contribution is -0.130. The van der Waals surface area contributed by atoms with Crippen LogP contribution in [0.4, 0.5) is 0 Å². The molecule has 2 aliphatic heterocycles. The molecule has 0 saturated carbocycles. The Labute approximate surface area is 141 Å². The van der Waals surface area contributed by atoms with Gasteiger partial charge in [-0.25, -0.2) is 0 Å². The van der Waals surface area contributed by atoms with Crippen LogP contribution in [0.5, 0.6) is 0 Å². The second-order valence-electron chi connectivity index (χ2n) is 5.68. The average Bonchev–Trinajstić information content (AvgIpc) is 2.83. The minimum atomic E-state index is -0.0943. The van der Waals surface area contributed by atoms with Gasteiger partial charge in [-0.3, -0.25) is 10.1 Å². The lowest BCUT2D eigenvalue weighted by Crippen LogP contribution is -2.42. The quantitative estimate of drug-likeness (QED) is 0.780. The molecular formula is C15H29Cl2N3O. The molecule has 0 aliphatic carbocycles. The van der Waals surface area contributed by atoms with Crippen LogP contribution in [0, 0.1) is 0 Å². The molecule has 0 bridgehead atoms. The first kappa shape index (κ1) is 20.7. The van der Waals surface area contributed by atoms with Crippen LogP contribution in [0.1, 0.15) is 32.1 Å². The molecule has 2 heterocycles. The maximum Gasteiger partial charge on any atom is 0.243 e. The number of likely N-dealkylation sites (N-methyl/N-ethyl adjacent to an activating group) is 1. The number of hydrogen-bond donors (Lipinski definition) is 1. The van der Waals surface area contributed by atoms with Gasteiger partial charge < -0.3 is 9.80 Å². The molecule has 1 saturated heterocycles. The van der Waals surface area contributed by atoms with Crippen molar-refractivity contribution in [2.24, 2.45) is 0 Å². The van der Waals surface area contributed by atoms with E-state index in [1.165, 1.54) is 38.8 Å². The van der Waals surface area contributed by atoms with Crippen molar-refractivity contribution in [1.82, 2.24) is 15.1 Å². The fourth-order valence-electron chi connectivity index (χ4n) is 2.88. The molecule has 0 aromatic rings. The Morgan fingerprint density at radius 2 is 1.90 bits per heavy atom. The van der Waals surface area contributed by atoms with Crippen molar-refractivity contribution in [3.63, 3.8) is 0 Å². The van der Waals surface area contributed by atoms with Crippen molar-refractivity contribution in [3.8, 4) is 0 Å². The molecule has 0 spiro atoms. The number of hydrogen-bond acceptors (Lipinski definition) is 3. The Bertz CT molecular complexity index is 318. The summed E-state index contributed by atoms with van der Waals surface area (Å²) in [6.07, 6.45) is 10.5. The van der Waals surface area contributed by atoms with Crippen LogP contribution >= 0.6 is 24.8 Å². The van der Waals surface area contributed by atoms with Crippen molar-refractivity contribution >= 4 is 30.7 Å². The fourth-order valence-corrected chi connectivity index (χ4v) is 2.88. The monoisotopic (exact) mass is 337 g/mol. The third-order valence-corrected chi connectivity index (χ3v) is 4.09. The molecule has 2 aliphatic rings. The second-order valence-corrected chi connectivity index (χ2v) is 5.68. The molecular weight excluding hydrogens is 309 g/mol. The standard InChI is InChI=1S/C15H27N3O.2ClH/c1-17(15(19)14-8-6-9-16-14)10-7-13-18-11-4-2-3-5-12-18;;/h6,8,14,16H,2-5,7,9-13H2,1H3;2*1H. The van der Waals surface area contributed by atoms with Gasteiger partial charge in [-0.15, -0.1) is 24.8 Å². The summed E-state index contributed by atoms with van der Waals surface area (Å²) in [5.41, 5.74) is 0. The summed E-state index contributed by atoms with van der Waals surface area (Å²) in [7, 11) is 1.92. The van der Waals surface area contributed by atoms with Gasteiger partial charge in [0, 0.05) is 20.1 Å². The molecule has 1 fully saturated rings. The SMILES string of the molecule is CN(CCCN1CCCCCC1)C(=O)C1C=CCN1.Cl.Cl. The summed E-state index contributed by atoms with van der Waals surface area (Å²) in [5, 5.41) is 3.17. The highest BCUT2D eigenvalue weighted by atomic mass is 35.5. The van der Waals surface area contributed by atoms with E-state index in [4.69, 9.17) is 0 Å². The van der Waals surface area contributed by atoms with E-state index in [1.807, 2.05) is 24.1 Å². The molecule has 1 amide bonds. The third-order valence-electron chi connectivity index (χ3n) is 4.09. The van der Waals surface area contributed by atoms with Gasteiger partial charge in [0.15, 0.2) is 0 Å². The molecule has 1 N–H and O–H groups in total. The molecule has 0 aromatic carbocycles. The Balaban J connectivity index is 0.00000200. The van der Waals surface area contributed by atoms with E-state index in [2.05, 4.69) is 10.2 Å². The van der Waals surface area contributed by atoms with Gasteiger partial charge in [0.05, 0.1) is 0 Å². The number of nitrogens with one attached hydrogen (secondary N) is 1. The first-order valence-electron chi connectivity index (χ1n) is 7.65. The highest BCUT2D eigenvalue weighted by Gasteiger charge is 2.20. The van der Waals surface area contributed by atoms with Crippen molar-refractivity contribution in [3.05, 3.63) is 12.2 Å². The van der Waals surface area contributed by atoms with Crippen LogP contribution in [-0.4, -0.2) is 61.5 Å². The highest BCUT2D eigenvalue weighted by molar-refractivity contribution is 5.85. The van der Waals surface area contributed by atoms with Crippen LogP contribution in [0.2, 0.25) is 0 Å². The van der Waals surface area contributed by atoms with E-state index in [0.29, 0.717) is 0 Å². The minimum Gasteiger partial charge on any atom is -0.344 e. The zero-order chi connectivity index (χ0) is 13.5. The fraction of sp³-hybridized carbons (Fsp3) is 0.800. The highest BCUT2D eigenvalue weighted by Crippen LogP contribution is 2.10. The van der Waals surface area contributed by atoms with Crippen molar-refractivity contribution in [1.29, 1.82) is 0 Å². The number of carbonyl (C=O) groups excluding carboxylic acids is 1. The largest absolute Gasteiger partial charge is 0.344 e. The van der Waals surface area contributed by atoms with Gasteiger partial charge in [0.1, 0.15) is 6.04 Å². The number of amides is 1. The van der Waals surface area contributed by atoms with Crippen molar-refractivity contribution in [2.75, 3.05) is 39.8 Å². The zero-order valence-corrected chi connectivity index (χ0v) is 14.6. The topological polar surface area (TPSA) is 35.6 Å². The average molecular weight is 338 g/mol. The number of halogens is 2. The predicted molar refractivity (Wildman–Crippen MR) is 92.6 cm³/mol.